The van der Waals surface area contributed by atoms with Crippen LogP contribution in [-0.4, -0.2) is 34.1 Å². The summed E-state index contributed by atoms with van der Waals surface area (Å²) in [5.41, 5.74) is 0.591. The molecule has 0 spiro atoms. The second-order valence-corrected chi connectivity index (χ2v) is 8.15. The van der Waals surface area contributed by atoms with Crippen LogP contribution in [0.15, 0.2) is 52.1 Å². The predicted octanol–water partition coefficient (Wildman–Crippen LogP) is 2.70. The van der Waals surface area contributed by atoms with E-state index in [1.807, 2.05) is 12.1 Å². The van der Waals surface area contributed by atoms with Gasteiger partial charge in [0.2, 0.25) is 0 Å². The van der Waals surface area contributed by atoms with Crippen molar-refractivity contribution in [2.24, 2.45) is 11.8 Å². The van der Waals surface area contributed by atoms with Crippen molar-refractivity contribution in [2.75, 3.05) is 19.6 Å². The first-order valence-corrected chi connectivity index (χ1v) is 9.90. The fraction of sp³-hybridized carbons (Fsp3) is 0.364. The average Bonchev–Trinajstić information content (AvgIpc) is 3.00. The Balaban J connectivity index is 1.29. The molecule has 2 heterocycles. The number of halogens is 2. The molecule has 7 heteroatoms. The van der Waals surface area contributed by atoms with Gasteiger partial charge in [0.1, 0.15) is 11.6 Å². The normalized spacial score (nSPS) is 23.9. The maximum Gasteiger partial charge on any atom is 0.328 e. The molecule has 150 valence electrons. The Labute approximate surface area is 165 Å². The second kappa shape index (κ2) is 6.91. The summed E-state index contributed by atoms with van der Waals surface area (Å²) in [6.45, 7) is 2.70. The summed E-state index contributed by atoms with van der Waals surface area (Å²) in [6.07, 6.45) is 1.09. The molecule has 3 unspecified atom stereocenters. The largest absolute Gasteiger partial charge is 0.328 e. The maximum atomic E-state index is 13.5. The number of aromatic nitrogens is 2. The first-order valence-electron chi connectivity index (χ1n) is 9.90. The third kappa shape index (κ3) is 3.19. The highest BCUT2D eigenvalue weighted by molar-refractivity contribution is 5.77. The molecule has 29 heavy (non-hydrogen) atoms. The molecule has 2 fully saturated rings. The van der Waals surface area contributed by atoms with E-state index in [0.717, 1.165) is 30.1 Å². The smallest absolute Gasteiger partial charge is 0.307 e. The van der Waals surface area contributed by atoms with Crippen molar-refractivity contribution < 1.29 is 8.78 Å². The fourth-order valence-corrected chi connectivity index (χ4v) is 4.94. The minimum absolute atomic E-state index is 0.183. The topological polar surface area (TPSA) is 58.1 Å². The Kier molecular flexibility index (Phi) is 4.35. The van der Waals surface area contributed by atoms with Crippen molar-refractivity contribution in [2.45, 2.75) is 18.9 Å². The first-order chi connectivity index (χ1) is 14.0. The minimum atomic E-state index is -0.504. The molecule has 3 atom stereocenters. The molecule has 1 aliphatic heterocycles. The Morgan fingerprint density at radius 1 is 0.966 bits per heavy atom. The van der Waals surface area contributed by atoms with E-state index in [1.165, 1.54) is 29.8 Å². The standard InChI is InChI=1S/C22H21F2N3O2/c23-15-3-1-13(2-4-15)17-9-14-11-26(12-19(14)17)7-8-27-21(28)18-10-16(24)5-6-20(18)25-22(27)29/h1-6,10,14,17,19H,7-9,11-12H2,(H,25,29). The zero-order valence-corrected chi connectivity index (χ0v) is 15.8. The molecule has 5 rings (SSSR count). The van der Waals surface area contributed by atoms with E-state index in [9.17, 15) is 18.4 Å². The van der Waals surface area contributed by atoms with Gasteiger partial charge in [-0.3, -0.25) is 9.36 Å². The lowest BCUT2D eigenvalue weighted by Crippen LogP contribution is -2.38. The van der Waals surface area contributed by atoms with Crippen molar-refractivity contribution in [3.8, 4) is 0 Å². The average molecular weight is 397 g/mol. The number of aromatic amines is 1. The van der Waals surface area contributed by atoms with Gasteiger partial charge in [-0.2, -0.15) is 0 Å². The molecule has 1 aromatic heterocycles. The molecule has 2 aromatic carbocycles. The molecule has 0 bridgehead atoms. The van der Waals surface area contributed by atoms with Gasteiger partial charge in [-0.1, -0.05) is 12.1 Å². The molecule has 1 N–H and O–H groups in total. The quantitative estimate of drug-likeness (QED) is 0.737. The zero-order chi connectivity index (χ0) is 20.1. The van der Waals surface area contributed by atoms with Gasteiger partial charge in [0.15, 0.2) is 0 Å². The van der Waals surface area contributed by atoms with Gasteiger partial charge in [0.25, 0.3) is 5.56 Å². The van der Waals surface area contributed by atoms with Crippen LogP contribution in [0, 0.1) is 23.5 Å². The van der Waals surface area contributed by atoms with Crippen LogP contribution >= 0.6 is 0 Å². The third-order valence-electron chi connectivity index (χ3n) is 6.52. The Morgan fingerprint density at radius 3 is 2.52 bits per heavy atom. The third-order valence-corrected chi connectivity index (χ3v) is 6.52. The lowest BCUT2D eigenvalue weighted by Gasteiger charge is -2.40. The van der Waals surface area contributed by atoms with Gasteiger partial charge in [0.05, 0.1) is 10.9 Å². The zero-order valence-electron chi connectivity index (χ0n) is 15.8. The molecule has 2 aliphatic rings. The van der Waals surface area contributed by atoms with E-state index in [0.29, 0.717) is 29.8 Å². The summed E-state index contributed by atoms with van der Waals surface area (Å²) >= 11 is 0. The molecular weight excluding hydrogens is 376 g/mol. The lowest BCUT2D eigenvalue weighted by molar-refractivity contribution is 0.191. The number of hydrogen-bond donors (Lipinski definition) is 1. The van der Waals surface area contributed by atoms with Crippen LogP contribution < -0.4 is 11.2 Å². The van der Waals surface area contributed by atoms with Gasteiger partial charge in [-0.05, 0) is 60.1 Å². The highest BCUT2D eigenvalue weighted by atomic mass is 19.1. The molecule has 3 aromatic rings. The molecule has 0 amide bonds. The van der Waals surface area contributed by atoms with E-state index >= 15 is 0 Å². The van der Waals surface area contributed by atoms with E-state index in [1.54, 1.807) is 0 Å². The van der Waals surface area contributed by atoms with Crippen molar-refractivity contribution in [1.82, 2.24) is 14.5 Å². The van der Waals surface area contributed by atoms with Crippen molar-refractivity contribution in [3.05, 3.63) is 80.5 Å². The minimum Gasteiger partial charge on any atom is -0.307 e. The number of likely N-dealkylation sites (tertiary alicyclic amines) is 1. The maximum absolute atomic E-state index is 13.5. The molecule has 1 saturated carbocycles. The summed E-state index contributed by atoms with van der Waals surface area (Å²) in [5, 5.41) is 0.183. The summed E-state index contributed by atoms with van der Waals surface area (Å²) in [5.74, 6) is 0.854. The molecular formula is C22H21F2N3O2. The van der Waals surface area contributed by atoms with E-state index in [2.05, 4.69) is 9.88 Å². The lowest BCUT2D eigenvalue weighted by atomic mass is 9.64. The van der Waals surface area contributed by atoms with Crippen molar-refractivity contribution >= 4 is 10.9 Å². The number of fused-ring (bicyclic) bond motifs is 2. The van der Waals surface area contributed by atoms with Crippen LogP contribution in [0.5, 0.6) is 0 Å². The van der Waals surface area contributed by atoms with Crippen LogP contribution in [-0.2, 0) is 6.54 Å². The number of rotatable bonds is 4. The number of benzene rings is 2. The van der Waals surface area contributed by atoms with Gasteiger partial charge in [0, 0.05) is 26.2 Å². The van der Waals surface area contributed by atoms with Crippen LogP contribution in [0.25, 0.3) is 10.9 Å². The van der Waals surface area contributed by atoms with Crippen LogP contribution in [0.3, 0.4) is 0 Å². The van der Waals surface area contributed by atoms with Crippen LogP contribution in [0.2, 0.25) is 0 Å². The van der Waals surface area contributed by atoms with E-state index in [4.69, 9.17) is 0 Å². The Morgan fingerprint density at radius 2 is 1.72 bits per heavy atom. The van der Waals surface area contributed by atoms with Gasteiger partial charge >= 0.3 is 5.69 Å². The highest BCUT2D eigenvalue weighted by Crippen LogP contribution is 2.51. The van der Waals surface area contributed by atoms with Crippen molar-refractivity contribution in [1.29, 1.82) is 0 Å². The monoisotopic (exact) mass is 397 g/mol. The highest BCUT2D eigenvalue weighted by Gasteiger charge is 2.47. The van der Waals surface area contributed by atoms with Gasteiger partial charge in [-0.25, -0.2) is 13.6 Å². The van der Waals surface area contributed by atoms with Gasteiger partial charge in [-0.15, -0.1) is 0 Å². The molecule has 0 radical (unpaired) electrons. The first kappa shape index (κ1) is 18.2. The Hall–Kier alpha value is -2.80. The summed E-state index contributed by atoms with van der Waals surface area (Å²) in [4.78, 5) is 29.9. The number of hydrogen-bond acceptors (Lipinski definition) is 3. The Bertz CT molecular complexity index is 1190. The SMILES string of the molecule is O=c1[nH]c2ccc(F)cc2c(=O)n1CCN1CC2CC(c3ccc(F)cc3)C2C1. The summed E-state index contributed by atoms with van der Waals surface area (Å²) in [6, 6.07) is 10.5. The molecule has 1 saturated heterocycles. The van der Waals surface area contributed by atoms with Crippen molar-refractivity contribution in [3.63, 3.8) is 0 Å². The van der Waals surface area contributed by atoms with E-state index in [-0.39, 0.29) is 17.7 Å². The number of nitrogens with zero attached hydrogens (tertiary/aromatic N) is 2. The fourth-order valence-electron chi connectivity index (χ4n) is 4.94. The van der Waals surface area contributed by atoms with E-state index < -0.39 is 17.1 Å². The molecule has 1 aliphatic carbocycles. The van der Waals surface area contributed by atoms with Crippen LogP contribution in [0.4, 0.5) is 8.78 Å². The van der Waals surface area contributed by atoms with Crippen LogP contribution in [0.1, 0.15) is 17.9 Å². The second-order valence-electron chi connectivity index (χ2n) is 8.15. The molecule has 5 nitrogen and oxygen atoms in total. The summed E-state index contributed by atoms with van der Waals surface area (Å²) in [7, 11) is 0. The number of H-pyrrole nitrogens is 1. The van der Waals surface area contributed by atoms with Gasteiger partial charge < -0.3 is 9.88 Å². The summed E-state index contributed by atoms with van der Waals surface area (Å²) < 4.78 is 27.8. The number of nitrogens with one attached hydrogen (secondary N) is 1. The predicted molar refractivity (Wildman–Crippen MR) is 106 cm³/mol.